The van der Waals surface area contributed by atoms with Crippen LogP contribution in [0.2, 0.25) is 0 Å². The number of benzene rings is 7. The third-order valence-corrected chi connectivity index (χ3v) is 14.0. The van der Waals surface area contributed by atoms with E-state index in [1.807, 2.05) is 0 Å². The largest absolute Gasteiger partial charge is 0.457 e. The number of hydrogen-bond acceptors (Lipinski definition) is 2. The van der Waals surface area contributed by atoms with Crippen molar-refractivity contribution in [3.8, 4) is 67.4 Å². The number of ether oxygens (including phenoxy) is 1. The SMILES string of the molecule is Cc1c(-c2ccc(-c3cccc4ccccc34)cc2)cc(-c2ccc(-c3ccc4c(c3)Oc3ccccc3C43C4C=CC=CC4C4C=CC=CC43)cc2)nc1-c1ccccc1. The molecule has 0 N–H and O–H groups in total. The molecule has 7 aromatic carbocycles. The Hall–Kier alpha value is -7.29. The first-order chi connectivity index (χ1) is 30.1. The van der Waals surface area contributed by atoms with E-state index < -0.39 is 0 Å². The van der Waals surface area contributed by atoms with Gasteiger partial charge in [-0.3, -0.25) is 0 Å². The molecule has 1 saturated carbocycles. The molecular weight excluding hydrogens is 739 g/mol. The van der Waals surface area contributed by atoms with Crippen molar-refractivity contribution in [1.29, 1.82) is 0 Å². The molecule has 0 radical (unpaired) electrons. The Balaban J connectivity index is 0.921. The third kappa shape index (κ3) is 5.59. The summed E-state index contributed by atoms with van der Waals surface area (Å²) in [5, 5.41) is 2.52. The van der Waals surface area contributed by atoms with E-state index in [2.05, 4.69) is 225 Å². The maximum atomic E-state index is 6.86. The van der Waals surface area contributed by atoms with E-state index in [0.29, 0.717) is 23.7 Å². The molecule has 0 amide bonds. The van der Waals surface area contributed by atoms with Gasteiger partial charge in [0.15, 0.2) is 0 Å². The smallest absolute Gasteiger partial charge is 0.132 e. The molecule has 2 heterocycles. The van der Waals surface area contributed by atoms with Crippen molar-refractivity contribution in [2.75, 3.05) is 0 Å². The lowest BCUT2D eigenvalue weighted by molar-refractivity contribution is 0.310. The molecule has 1 aromatic heterocycles. The van der Waals surface area contributed by atoms with Crippen molar-refractivity contribution in [2.45, 2.75) is 12.3 Å². The molecular formula is C59H43NO. The fourth-order valence-electron chi connectivity index (χ4n) is 11.2. The number of para-hydroxylation sites is 1. The normalized spacial score (nSPS) is 21.5. The molecule has 2 heteroatoms. The van der Waals surface area contributed by atoms with Gasteiger partial charge in [-0.2, -0.15) is 0 Å². The molecule has 0 bridgehead atoms. The first-order valence-corrected chi connectivity index (χ1v) is 21.5. The Kier molecular flexibility index (Phi) is 8.28. The predicted molar refractivity (Wildman–Crippen MR) is 251 cm³/mol. The standard InChI is InChI=1S/C59H43NO/c1-38-50(42-30-28-41(29-31-42)47-21-13-17-40-14-5-6-18-46(40)47)37-55(60-58(38)44-15-3-2-4-16-44)43-32-26-39(27-33-43)45-34-35-54-57(36-45)61-56-25-12-11-24-53(56)59(54)51-22-9-7-19-48(51)49-20-8-10-23-52(49)59/h2-37,48-49,51-52H,1H3. The van der Waals surface area contributed by atoms with Gasteiger partial charge in [-0.05, 0) is 98.5 Å². The lowest BCUT2D eigenvalue weighted by atomic mass is 9.59. The van der Waals surface area contributed by atoms with Crippen molar-refractivity contribution in [3.05, 3.63) is 235 Å². The van der Waals surface area contributed by atoms with Crippen LogP contribution < -0.4 is 4.74 Å². The Labute approximate surface area is 357 Å². The van der Waals surface area contributed by atoms with Gasteiger partial charge in [0, 0.05) is 27.7 Å². The molecule has 61 heavy (non-hydrogen) atoms. The number of pyridine rings is 1. The molecule has 1 spiro atoms. The molecule has 12 rings (SSSR count). The van der Waals surface area contributed by atoms with Gasteiger partial charge in [0.25, 0.3) is 0 Å². The highest BCUT2D eigenvalue weighted by Crippen LogP contribution is 2.67. The summed E-state index contributed by atoms with van der Waals surface area (Å²) in [4.78, 5) is 5.35. The zero-order chi connectivity index (χ0) is 40.5. The monoisotopic (exact) mass is 781 g/mol. The zero-order valence-electron chi connectivity index (χ0n) is 33.9. The maximum Gasteiger partial charge on any atom is 0.132 e. The molecule has 4 aliphatic rings. The Morgan fingerprint density at radius 2 is 1.03 bits per heavy atom. The van der Waals surface area contributed by atoms with E-state index >= 15 is 0 Å². The van der Waals surface area contributed by atoms with E-state index in [9.17, 15) is 0 Å². The lowest BCUT2D eigenvalue weighted by Gasteiger charge is -2.45. The van der Waals surface area contributed by atoms with E-state index in [4.69, 9.17) is 9.72 Å². The highest BCUT2D eigenvalue weighted by Gasteiger charge is 2.62. The summed E-state index contributed by atoms with van der Waals surface area (Å²) in [6.07, 6.45) is 18.8. The minimum absolute atomic E-state index is 0.230. The minimum Gasteiger partial charge on any atom is -0.457 e. The Morgan fingerprint density at radius 3 is 1.80 bits per heavy atom. The van der Waals surface area contributed by atoms with Crippen molar-refractivity contribution < 1.29 is 4.74 Å². The summed E-state index contributed by atoms with van der Waals surface area (Å²) in [5.74, 6) is 3.42. The quantitative estimate of drug-likeness (QED) is 0.173. The van der Waals surface area contributed by atoms with Crippen LogP contribution in [0.25, 0.3) is 66.7 Å². The number of hydrogen-bond donors (Lipinski definition) is 0. The summed E-state index contributed by atoms with van der Waals surface area (Å²) in [7, 11) is 0. The van der Waals surface area contributed by atoms with E-state index in [0.717, 1.165) is 50.7 Å². The van der Waals surface area contributed by atoms with Crippen LogP contribution in [0.3, 0.4) is 0 Å². The van der Waals surface area contributed by atoms with Gasteiger partial charge in [-0.15, -0.1) is 0 Å². The maximum absolute atomic E-state index is 6.86. The van der Waals surface area contributed by atoms with E-state index in [1.54, 1.807) is 0 Å². The average Bonchev–Trinajstić information content (AvgIpc) is 3.62. The second-order valence-electron chi connectivity index (χ2n) is 17.0. The molecule has 1 aliphatic heterocycles. The fraction of sp³-hybridized carbons (Fsp3) is 0.102. The third-order valence-electron chi connectivity index (χ3n) is 14.0. The molecule has 2 nitrogen and oxygen atoms in total. The van der Waals surface area contributed by atoms with Gasteiger partial charge in [0.05, 0.1) is 11.4 Å². The van der Waals surface area contributed by atoms with E-state index in [-0.39, 0.29) is 5.41 Å². The van der Waals surface area contributed by atoms with Gasteiger partial charge in [-0.25, -0.2) is 4.98 Å². The van der Waals surface area contributed by atoms with Gasteiger partial charge in [0.1, 0.15) is 11.5 Å². The first-order valence-electron chi connectivity index (χ1n) is 21.5. The minimum atomic E-state index is -0.230. The second kappa shape index (κ2) is 14.2. The molecule has 0 saturated heterocycles. The van der Waals surface area contributed by atoms with Crippen molar-refractivity contribution in [3.63, 3.8) is 0 Å². The zero-order valence-corrected chi connectivity index (χ0v) is 33.9. The van der Waals surface area contributed by atoms with Crippen LogP contribution in [0.15, 0.2) is 218 Å². The molecule has 1 fully saturated rings. The molecule has 4 atom stereocenters. The molecule has 3 aliphatic carbocycles. The van der Waals surface area contributed by atoms with Gasteiger partial charge in [-0.1, -0.05) is 200 Å². The van der Waals surface area contributed by atoms with Crippen LogP contribution in [-0.4, -0.2) is 4.98 Å². The predicted octanol–water partition coefficient (Wildman–Crippen LogP) is 15.0. The summed E-state index contributed by atoms with van der Waals surface area (Å²) in [5.41, 5.74) is 14.7. The molecule has 8 aromatic rings. The topological polar surface area (TPSA) is 22.1 Å². The summed E-state index contributed by atoms with van der Waals surface area (Å²) in [6, 6.07) is 61.6. The van der Waals surface area contributed by atoms with Crippen LogP contribution in [-0.2, 0) is 5.41 Å². The lowest BCUT2D eigenvalue weighted by Crippen LogP contribution is -2.41. The van der Waals surface area contributed by atoms with Crippen molar-refractivity contribution >= 4 is 10.8 Å². The van der Waals surface area contributed by atoms with Crippen molar-refractivity contribution in [1.82, 2.24) is 4.98 Å². The number of rotatable bonds is 5. The van der Waals surface area contributed by atoms with Crippen LogP contribution in [0.5, 0.6) is 11.5 Å². The molecule has 290 valence electrons. The van der Waals surface area contributed by atoms with Crippen LogP contribution in [0, 0.1) is 30.6 Å². The summed E-state index contributed by atoms with van der Waals surface area (Å²) < 4.78 is 6.86. The number of fused-ring (bicyclic) bond motifs is 10. The van der Waals surface area contributed by atoms with Crippen LogP contribution in [0.4, 0.5) is 0 Å². The highest BCUT2D eigenvalue weighted by molar-refractivity contribution is 5.97. The second-order valence-corrected chi connectivity index (χ2v) is 17.0. The van der Waals surface area contributed by atoms with Gasteiger partial charge < -0.3 is 4.74 Å². The first kappa shape index (κ1) is 35.6. The fourth-order valence-corrected chi connectivity index (χ4v) is 11.2. The van der Waals surface area contributed by atoms with Crippen LogP contribution in [0.1, 0.15) is 16.7 Å². The number of nitrogens with zero attached hydrogens (tertiary/aromatic N) is 1. The highest BCUT2D eigenvalue weighted by atomic mass is 16.5. The Morgan fingerprint density at radius 1 is 0.443 bits per heavy atom. The van der Waals surface area contributed by atoms with Gasteiger partial charge >= 0.3 is 0 Å². The van der Waals surface area contributed by atoms with Gasteiger partial charge in [0.2, 0.25) is 0 Å². The summed E-state index contributed by atoms with van der Waals surface area (Å²) >= 11 is 0. The Bertz CT molecular complexity index is 3090. The van der Waals surface area contributed by atoms with Crippen LogP contribution >= 0.6 is 0 Å². The number of allylic oxidation sites excluding steroid dienone is 8. The van der Waals surface area contributed by atoms with E-state index in [1.165, 1.54) is 44.2 Å². The average molecular weight is 782 g/mol. The number of aromatic nitrogens is 1. The molecule has 4 unspecified atom stereocenters. The summed E-state index contributed by atoms with van der Waals surface area (Å²) in [6.45, 7) is 2.20. The van der Waals surface area contributed by atoms with Crippen molar-refractivity contribution in [2.24, 2.45) is 23.7 Å².